The first-order chi connectivity index (χ1) is 8.37. The molecule has 4 nitrogen and oxygen atoms in total. The van der Waals surface area contributed by atoms with Crippen molar-refractivity contribution in [1.82, 2.24) is 5.32 Å². The van der Waals surface area contributed by atoms with E-state index in [1.807, 2.05) is 20.8 Å². The first-order valence-electron chi connectivity index (χ1n) is 5.72. The van der Waals surface area contributed by atoms with Gasteiger partial charge >= 0.3 is 6.09 Å². The van der Waals surface area contributed by atoms with Crippen LogP contribution in [0.4, 0.5) is 4.79 Å². The maximum absolute atomic E-state index is 11.3. The Morgan fingerprint density at radius 3 is 2.44 bits per heavy atom. The van der Waals surface area contributed by atoms with Gasteiger partial charge in [0, 0.05) is 5.02 Å². The Bertz CT molecular complexity index is 384. The third-order valence-electron chi connectivity index (χ3n) is 1.85. The minimum atomic E-state index is -0.485. The summed E-state index contributed by atoms with van der Waals surface area (Å²) in [5.41, 5.74) is -0.485. The minimum absolute atomic E-state index is 0.376. The highest BCUT2D eigenvalue weighted by molar-refractivity contribution is 6.30. The van der Waals surface area contributed by atoms with Crippen molar-refractivity contribution in [3.8, 4) is 5.75 Å². The Labute approximate surface area is 112 Å². The maximum Gasteiger partial charge on any atom is 0.407 e. The van der Waals surface area contributed by atoms with Crippen molar-refractivity contribution in [1.29, 1.82) is 0 Å². The van der Waals surface area contributed by atoms with Crippen molar-refractivity contribution in [2.24, 2.45) is 0 Å². The number of nitrogens with one attached hydrogen (secondary N) is 1. The van der Waals surface area contributed by atoms with Gasteiger partial charge in [-0.1, -0.05) is 11.6 Å². The third-order valence-corrected chi connectivity index (χ3v) is 2.10. The molecule has 0 spiro atoms. The number of carbonyl (C=O) groups is 1. The number of halogens is 1. The topological polar surface area (TPSA) is 47.6 Å². The van der Waals surface area contributed by atoms with Crippen LogP contribution in [0.1, 0.15) is 20.8 Å². The molecule has 0 fully saturated rings. The summed E-state index contributed by atoms with van der Waals surface area (Å²) in [7, 11) is 0. The Balaban J connectivity index is 2.19. The van der Waals surface area contributed by atoms with Gasteiger partial charge in [-0.25, -0.2) is 4.79 Å². The predicted molar refractivity (Wildman–Crippen MR) is 71.2 cm³/mol. The van der Waals surface area contributed by atoms with Crippen LogP contribution in [0.5, 0.6) is 5.75 Å². The molecule has 0 aliphatic rings. The number of hydrogen-bond donors (Lipinski definition) is 1. The number of hydrogen-bond acceptors (Lipinski definition) is 3. The van der Waals surface area contributed by atoms with Crippen molar-refractivity contribution in [3.05, 3.63) is 29.3 Å². The van der Waals surface area contributed by atoms with E-state index >= 15 is 0 Å². The molecule has 0 aliphatic heterocycles. The molecule has 18 heavy (non-hydrogen) atoms. The zero-order chi connectivity index (χ0) is 13.6. The van der Waals surface area contributed by atoms with Crippen LogP contribution in [0.2, 0.25) is 5.02 Å². The summed E-state index contributed by atoms with van der Waals surface area (Å²) >= 11 is 5.75. The fraction of sp³-hybridized carbons (Fsp3) is 0.462. The van der Waals surface area contributed by atoms with E-state index in [1.54, 1.807) is 24.3 Å². The highest BCUT2D eigenvalue weighted by Gasteiger charge is 2.15. The molecular formula is C13H18ClNO3. The molecule has 1 N–H and O–H groups in total. The number of amides is 1. The van der Waals surface area contributed by atoms with Crippen molar-refractivity contribution < 1.29 is 14.3 Å². The summed E-state index contributed by atoms with van der Waals surface area (Å²) in [6.45, 7) is 6.21. The lowest BCUT2D eigenvalue weighted by Crippen LogP contribution is -2.34. The molecule has 0 saturated carbocycles. The van der Waals surface area contributed by atoms with Gasteiger partial charge in [0.2, 0.25) is 0 Å². The summed E-state index contributed by atoms with van der Waals surface area (Å²) in [6.07, 6.45) is -0.442. The largest absolute Gasteiger partial charge is 0.492 e. The van der Waals surface area contributed by atoms with Crippen molar-refractivity contribution in [2.45, 2.75) is 26.4 Å². The molecule has 100 valence electrons. The summed E-state index contributed by atoms with van der Waals surface area (Å²) in [4.78, 5) is 11.3. The first-order valence-corrected chi connectivity index (χ1v) is 6.10. The zero-order valence-corrected chi connectivity index (χ0v) is 11.6. The lowest BCUT2D eigenvalue weighted by atomic mass is 10.2. The van der Waals surface area contributed by atoms with Gasteiger partial charge in [0.15, 0.2) is 0 Å². The van der Waals surface area contributed by atoms with Gasteiger partial charge in [-0.05, 0) is 45.0 Å². The van der Waals surface area contributed by atoms with Crippen LogP contribution >= 0.6 is 11.6 Å². The molecule has 1 amide bonds. The quantitative estimate of drug-likeness (QED) is 0.855. The van der Waals surface area contributed by atoms with Gasteiger partial charge in [-0.2, -0.15) is 0 Å². The average Bonchev–Trinajstić information content (AvgIpc) is 2.24. The number of carbonyl (C=O) groups excluding carboxylic acids is 1. The van der Waals surface area contributed by atoms with Crippen LogP contribution < -0.4 is 10.1 Å². The van der Waals surface area contributed by atoms with E-state index in [4.69, 9.17) is 21.1 Å². The molecule has 1 aromatic rings. The van der Waals surface area contributed by atoms with Crippen LogP contribution in [0.3, 0.4) is 0 Å². The molecule has 0 radical (unpaired) electrons. The smallest absolute Gasteiger partial charge is 0.407 e. The molecule has 1 aromatic carbocycles. The normalized spacial score (nSPS) is 10.9. The van der Waals surface area contributed by atoms with Crippen LogP contribution in [0.25, 0.3) is 0 Å². The molecule has 0 heterocycles. The fourth-order valence-electron chi connectivity index (χ4n) is 1.17. The van der Waals surface area contributed by atoms with Gasteiger partial charge in [0.25, 0.3) is 0 Å². The molecular weight excluding hydrogens is 254 g/mol. The third kappa shape index (κ3) is 6.35. The van der Waals surface area contributed by atoms with Gasteiger partial charge < -0.3 is 14.8 Å². The molecule has 0 unspecified atom stereocenters. The molecule has 0 atom stereocenters. The fourth-order valence-corrected chi connectivity index (χ4v) is 1.29. The second-order valence-corrected chi connectivity index (χ2v) is 5.17. The van der Waals surface area contributed by atoms with E-state index in [2.05, 4.69) is 5.32 Å². The molecule has 1 rings (SSSR count). The van der Waals surface area contributed by atoms with E-state index in [1.165, 1.54) is 0 Å². The van der Waals surface area contributed by atoms with E-state index in [0.717, 1.165) is 0 Å². The van der Waals surface area contributed by atoms with Crippen molar-refractivity contribution in [3.63, 3.8) is 0 Å². The summed E-state index contributed by atoms with van der Waals surface area (Å²) < 4.78 is 10.5. The Morgan fingerprint density at radius 1 is 1.28 bits per heavy atom. The highest BCUT2D eigenvalue weighted by atomic mass is 35.5. The summed E-state index contributed by atoms with van der Waals surface area (Å²) in [5, 5.41) is 3.27. The zero-order valence-electron chi connectivity index (χ0n) is 10.8. The van der Waals surface area contributed by atoms with Crippen LogP contribution in [0, 0.1) is 0 Å². The monoisotopic (exact) mass is 271 g/mol. The predicted octanol–water partition coefficient (Wildman–Crippen LogP) is 3.24. The first kappa shape index (κ1) is 14.6. The SMILES string of the molecule is CC(C)(C)OC(=O)NCCOc1ccc(Cl)cc1. The molecule has 0 bridgehead atoms. The van der Waals surface area contributed by atoms with Crippen molar-refractivity contribution in [2.75, 3.05) is 13.2 Å². The lowest BCUT2D eigenvalue weighted by Gasteiger charge is -2.19. The Morgan fingerprint density at radius 2 is 1.89 bits per heavy atom. The number of benzene rings is 1. The number of alkyl carbamates (subject to hydrolysis) is 1. The van der Waals surface area contributed by atoms with Gasteiger partial charge in [-0.3, -0.25) is 0 Å². The van der Waals surface area contributed by atoms with E-state index < -0.39 is 11.7 Å². The maximum atomic E-state index is 11.3. The summed E-state index contributed by atoms with van der Waals surface area (Å²) in [5.74, 6) is 0.713. The van der Waals surface area contributed by atoms with Gasteiger partial charge in [0.05, 0.1) is 6.54 Å². The molecule has 0 saturated heterocycles. The van der Waals surface area contributed by atoms with E-state index in [0.29, 0.717) is 23.9 Å². The number of ether oxygens (including phenoxy) is 2. The van der Waals surface area contributed by atoms with E-state index in [9.17, 15) is 4.79 Å². The van der Waals surface area contributed by atoms with Crippen molar-refractivity contribution >= 4 is 17.7 Å². The minimum Gasteiger partial charge on any atom is -0.492 e. The standard InChI is InChI=1S/C13H18ClNO3/c1-13(2,3)18-12(16)15-8-9-17-11-6-4-10(14)5-7-11/h4-7H,8-9H2,1-3H3,(H,15,16). The second-order valence-electron chi connectivity index (χ2n) is 4.73. The molecule has 0 aliphatic carbocycles. The van der Waals surface area contributed by atoms with Gasteiger partial charge in [0.1, 0.15) is 18.0 Å². The van der Waals surface area contributed by atoms with Gasteiger partial charge in [-0.15, -0.1) is 0 Å². The second kappa shape index (κ2) is 6.50. The Kier molecular flexibility index (Phi) is 5.28. The van der Waals surface area contributed by atoms with Crippen LogP contribution in [-0.4, -0.2) is 24.8 Å². The highest BCUT2D eigenvalue weighted by Crippen LogP contribution is 2.15. The van der Waals surface area contributed by atoms with E-state index in [-0.39, 0.29) is 0 Å². The summed E-state index contributed by atoms with van der Waals surface area (Å²) in [6, 6.07) is 7.04. The molecule has 0 aromatic heterocycles. The lowest BCUT2D eigenvalue weighted by molar-refractivity contribution is 0.0520. The Hall–Kier alpha value is -1.42. The molecule has 5 heteroatoms. The van der Waals surface area contributed by atoms with Crippen LogP contribution in [-0.2, 0) is 4.74 Å². The van der Waals surface area contributed by atoms with Crippen LogP contribution in [0.15, 0.2) is 24.3 Å². The average molecular weight is 272 g/mol. The number of rotatable bonds is 4.